The zero-order valence-corrected chi connectivity index (χ0v) is 15.3. The van der Waals surface area contributed by atoms with Crippen LogP contribution in [-0.4, -0.2) is 35.8 Å². The molecule has 0 bridgehead atoms. The molecule has 140 valence electrons. The van der Waals surface area contributed by atoms with Crippen LogP contribution >= 0.6 is 11.6 Å². The van der Waals surface area contributed by atoms with Gasteiger partial charge in [0.25, 0.3) is 5.91 Å². The summed E-state index contributed by atoms with van der Waals surface area (Å²) in [6, 6.07) is 16.2. The van der Waals surface area contributed by atoms with Crippen LogP contribution in [0.2, 0.25) is 5.02 Å². The fourth-order valence-electron chi connectivity index (χ4n) is 2.89. The number of anilines is 1. The molecular formula is C20H19ClN2O4. The number of carbonyl (C=O) groups excluding carboxylic acids is 3. The zero-order chi connectivity index (χ0) is 19.2. The molecule has 0 spiro atoms. The van der Waals surface area contributed by atoms with Crippen molar-refractivity contribution in [3.8, 4) is 0 Å². The molecule has 0 unspecified atom stereocenters. The normalized spacial score (nSPS) is 16.3. The van der Waals surface area contributed by atoms with Crippen LogP contribution in [0.3, 0.4) is 0 Å². The Morgan fingerprint density at radius 2 is 1.81 bits per heavy atom. The average molecular weight is 387 g/mol. The molecule has 1 aliphatic heterocycles. The number of nitrogens with zero attached hydrogens (tertiary/aromatic N) is 1. The number of carbonyl (C=O) groups is 3. The number of benzene rings is 2. The number of hydrogen-bond acceptors (Lipinski definition) is 4. The number of para-hydroxylation sites is 1. The van der Waals surface area contributed by atoms with E-state index in [4.69, 9.17) is 16.3 Å². The van der Waals surface area contributed by atoms with Crippen molar-refractivity contribution in [1.82, 2.24) is 4.90 Å². The summed E-state index contributed by atoms with van der Waals surface area (Å²) in [6.07, 6.45) is 0.0730. The molecule has 27 heavy (non-hydrogen) atoms. The Morgan fingerprint density at radius 1 is 1.11 bits per heavy atom. The first-order chi connectivity index (χ1) is 13.0. The molecule has 1 N–H and O–H groups in total. The van der Waals surface area contributed by atoms with E-state index in [1.54, 1.807) is 35.2 Å². The van der Waals surface area contributed by atoms with E-state index in [1.165, 1.54) is 0 Å². The highest BCUT2D eigenvalue weighted by atomic mass is 35.5. The fraction of sp³-hybridized carbons (Fsp3) is 0.250. The van der Waals surface area contributed by atoms with Gasteiger partial charge in [-0.3, -0.25) is 14.4 Å². The minimum Gasteiger partial charge on any atom is -0.455 e. The SMILES string of the molecule is O=C(COC(=O)[C@@H]1CC(=O)N(Cc2ccccc2Cl)C1)Nc1ccccc1. The Balaban J connectivity index is 1.49. The number of rotatable bonds is 6. The number of halogens is 1. The number of hydrogen-bond donors (Lipinski definition) is 1. The van der Waals surface area contributed by atoms with Crippen LogP contribution in [-0.2, 0) is 25.7 Å². The van der Waals surface area contributed by atoms with Crippen LogP contribution in [0, 0.1) is 5.92 Å². The molecule has 7 heteroatoms. The summed E-state index contributed by atoms with van der Waals surface area (Å²) in [7, 11) is 0. The maximum Gasteiger partial charge on any atom is 0.311 e. The van der Waals surface area contributed by atoms with Gasteiger partial charge in [0.05, 0.1) is 5.92 Å². The Morgan fingerprint density at radius 3 is 2.56 bits per heavy atom. The first kappa shape index (κ1) is 18.9. The van der Waals surface area contributed by atoms with Gasteiger partial charge in [-0.2, -0.15) is 0 Å². The minimum atomic E-state index is -0.579. The Bertz CT molecular complexity index is 841. The quantitative estimate of drug-likeness (QED) is 0.774. The van der Waals surface area contributed by atoms with Gasteiger partial charge in [-0.15, -0.1) is 0 Å². The van der Waals surface area contributed by atoms with Crippen molar-refractivity contribution >= 4 is 35.1 Å². The number of ether oxygens (including phenoxy) is 1. The molecule has 2 aromatic carbocycles. The highest BCUT2D eigenvalue weighted by Crippen LogP contribution is 2.24. The Hall–Kier alpha value is -2.86. The second kappa shape index (κ2) is 8.68. The molecule has 3 rings (SSSR count). The van der Waals surface area contributed by atoms with Crippen molar-refractivity contribution in [2.45, 2.75) is 13.0 Å². The van der Waals surface area contributed by atoms with Gasteiger partial charge in [0, 0.05) is 30.2 Å². The molecule has 2 amide bonds. The summed E-state index contributed by atoms with van der Waals surface area (Å²) in [5.41, 5.74) is 1.45. The largest absolute Gasteiger partial charge is 0.455 e. The molecule has 1 saturated heterocycles. The zero-order valence-electron chi connectivity index (χ0n) is 14.6. The Labute approximate surface area is 162 Å². The van der Waals surface area contributed by atoms with Crippen LogP contribution in [0.4, 0.5) is 5.69 Å². The third kappa shape index (κ3) is 5.08. The highest BCUT2D eigenvalue weighted by Gasteiger charge is 2.35. The van der Waals surface area contributed by atoms with Crippen molar-refractivity contribution < 1.29 is 19.1 Å². The standard InChI is InChI=1S/C20H19ClN2O4/c21-17-9-5-4-6-14(17)11-23-12-15(10-19(23)25)20(26)27-13-18(24)22-16-7-2-1-3-8-16/h1-9,15H,10-13H2,(H,22,24)/t15-/m1/s1. The smallest absolute Gasteiger partial charge is 0.311 e. The van der Waals surface area contributed by atoms with E-state index in [1.807, 2.05) is 24.3 Å². The van der Waals surface area contributed by atoms with E-state index in [-0.39, 0.29) is 25.5 Å². The summed E-state index contributed by atoms with van der Waals surface area (Å²) in [5.74, 6) is -1.69. The molecule has 0 radical (unpaired) electrons. The monoisotopic (exact) mass is 386 g/mol. The lowest BCUT2D eigenvalue weighted by atomic mass is 10.1. The van der Waals surface area contributed by atoms with Crippen LogP contribution in [0.15, 0.2) is 54.6 Å². The van der Waals surface area contributed by atoms with Gasteiger partial charge >= 0.3 is 5.97 Å². The third-order valence-electron chi connectivity index (χ3n) is 4.27. The van der Waals surface area contributed by atoms with Crippen LogP contribution in [0.25, 0.3) is 0 Å². The van der Waals surface area contributed by atoms with Crippen LogP contribution in [0.5, 0.6) is 0 Å². The van der Waals surface area contributed by atoms with E-state index in [9.17, 15) is 14.4 Å². The lowest BCUT2D eigenvalue weighted by molar-refractivity contribution is -0.151. The number of likely N-dealkylation sites (tertiary alicyclic amines) is 1. The second-order valence-corrected chi connectivity index (χ2v) is 6.70. The lowest BCUT2D eigenvalue weighted by Crippen LogP contribution is -2.28. The molecule has 6 nitrogen and oxygen atoms in total. The molecular weight excluding hydrogens is 368 g/mol. The fourth-order valence-corrected chi connectivity index (χ4v) is 3.08. The van der Waals surface area contributed by atoms with Crippen molar-refractivity contribution in [2.75, 3.05) is 18.5 Å². The average Bonchev–Trinajstić information content (AvgIpc) is 3.03. The maximum atomic E-state index is 12.2. The molecule has 1 heterocycles. The number of nitrogens with one attached hydrogen (secondary N) is 1. The first-order valence-electron chi connectivity index (χ1n) is 8.55. The van der Waals surface area contributed by atoms with E-state index < -0.39 is 17.8 Å². The van der Waals surface area contributed by atoms with Gasteiger partial charge in [0.2, 0.25) is 5.91 Å². The molecule has 1 aliphatic rings. The van der Waals surface area contributed by atoms with Gasteiger partial charge in [0.15, 0.2) is 6.61 Å². The summed E-state index contributed by atoms with van der Waals surface area (Å²) in [5, 5.41) is 3.21. The van der Waals surface area contributed by atoms with Gasteiger partial charge in [-0.05, 0) is 23.8 Å². The van der Waals surface area contributed by atoms with Crippen LogP contribution in [0.1, 0.15) is 12.0 Å². The van der Waals surface area contributed by atoms with Crippen molar-refractivity contribution in [3.63, 3.8) is 0 Å². The Kier molecular flexibility index (Phi) is 6.08. The predicted molar refractivity (Wildman–Crippen MR) is 101 cm³/mol. The minimum absolute atomic E-state index is 0.0730. The molecule has 0 aliphatic carbocycles. The summed E-state index contributed by atoms with van der Waals surface area (Å²) >= 11 is 6.13. The molecule has 0 saturated carbocycles. The molecule has 1 atom stereocenters. The van der Waals surface area contributed by atoms with E-state index >= 15 is 0 Å². The highest BCUT2D eigenvalue weighted by molar-refractivity contribution is 6.31. The van der Waals surface area contributed by atoms with E-state index in [0.29, 0.717) is 17.3 Å². The summed E-state index contributed by atoms with van der Waals surface area (Å²) in [4.78, 5) is 37.8. The molecule has 2 aromatic rings. The predicted octanol–water partition coefficient (Wildman–Crippen LogP) is 2.87. The van der Waals surface area contributed by atoms with Crippen molar-refractivity contribution in [1.29, 1.82) is 0 Å². The van der Waals surface area contributed by atoms with Gasteiger partial charge in [0.1, 0.15) is 0 Å². The van der Waals surface area contributed by atoms with Crippen LogP contribution < -0.4 is 5.32 Å². The summed E-state index contributed by atoms with van der Waals surface area (Å²) < 4.78 is 5.07. The number of amides is 2. The van der Waals surface area contributed by atoms with E-state index in [2.05, 4.69) is 5.32 Å². The second-order valence-electron chi connectivity index (χ2n) is 6.29. The topological polar surface area (TPSA) is 75.7 Å². The third-order valence-corrected chi connectivity index (χ3v) is 4.64. The lowest BCUT2D eigenvalue weighted by Gasteiger charge is -2.17. The van der Waals surface area contributed by atoms with Gasteiger partial charge in [-0.1, -0.05) is 48.0 Å². The van der Waals surface area contributed by atoms with E-state index in [0.717, 1.165) is 5.56 Å². The molecule has 1 fully saturated rings. The van der Waals surface area contributed by atoms with Gasteiger partial charge in [-0.25, -0.2) is 0 Å². The van der Waals surface area contributed by atoms with Crippen molar-refractivity contribution in [3.05, 3.63) is 65.2 Å². The first-order valence-corrected chi connectivity index (χ1v) is 8.93. The number of esters is 1. The van der Waals surface area contributed by atoms with Gasteiger partial charge < -0.3 is 15.0 Å². The summed E-state index contributed by atoms with van der Waals surface area (Å²) in [6.45, 7) is 0.211. The van der Waals surface area contributed by atoms with Crippen molar-refractivity contribution in [2.24, 2.45) is 5.92 Å². The molecule has 0 aromatic heterocycles. The maximum absolute atomic E-state index is 12.2.